The van der Waals surface area contributed by atoms with Gasteiger partial charge in [0.25, 0.3) is 0 Å². The average Bonchev–Trinajstić information content (AvgIpc) is 2.38. The Balaban J connectivity index is 3.01. The molecular formula is C14H17FN2O4. The van der Waals surface area contributed by atoms with Crippen molar-refractivity contribution in [3.05, 3.63) is 35.6 Å². The summed E-state index contributed by atoms with van der Waals surface area (Å²) in [4.78, 5) is 34.4. The molecule has 0 saturated carbocycles. The number of amides is 2. The van der Waals surface area contributed by atoms with Crippen molar-refractivity contribution < 1.29 is 23.9 Å². The number of carboxylic acid groups (broad SMARTS) is 1. The minimum atomic E-state index is -1.72. The van der Waals surface area contributed by atoms with Crippen molar-refractivity contribution in [2.75, 3.05) is 0 Å². The zero-order chi connectivity index (χ0) is 16.2. The van der Waals surface area contributed by atoms with E-state index < -0.39 is 35.2 Å². The van der Waals surface area contributed by atoms with Crippen LogP contribution < -0.4 is 10.6 Å². The fourth-order valence-corrected chi connectivity index (χ4v) is 1.76. The predicted molar refractivity (Wildman–Crippen MR) is 72.8 cm³/mol. The summed E-state index contributed by atoms with van der Waals surface area (Å²) in [7, 11) is 0. The maximum absolute atomic E-state index is 12.9. The highest BCUT2D eigenvalue weighted by atomic mass is 19.1. The van der Waals surface area contributed by atoms with Crippen molar-refractivity contribution in [1.29, 1.82) is 0 Å². The summed E-state index contributed by atoms with van der Waals surface area (Å²) in [6.45, 7) is 3.98. The molecule has 0 saturated heterocycles. The normalized spacial score (nSPS) is 14.7. The van der Waals surface area contributed by atoms with Gasteiger partial charge in [0.2, 0.25) is 11.8 Å². The summed E-state index contributed by atoms with van der Waals surface area (Å²) in [5.41, 5.74) is -1.50. The first-order valence-corrected chi connectivity index (χ1v) is 6.25. The Labute approximate surface area is 121 Å². The first kappa shape index (κ1) is 16.6. The van der Waals surface area contributed by atoms with Crippen LogP contribution in [0.1, 0.15) is 26.3 Å². The Morgan fingerprint density at radius 2 is 1.76 bits per heavy atom. The highest BCUT2D eigenvalue weighted by Gasteiger charge is 2.38. The molecule has 0 spiro atoms. The van der Waals surface area contributed by atoms with Gasteiger partial charge in [0.05, 0.1) is 0 Å². The van der Waals surface area contributed by atoms with E-state index in [9.17, 15) is 23.9 Å². The van der Waals surface area contributed by atoms with Crippen LogP contribution in [0.5, 0.6) is 0 Å². The van der Waals surface area contributed by atoms with Gasteiger partial charge in [-0.1, -0.05) is 12.1 Å². The molecule has 0 aliphatic heterocycles. The van der Waals surface area contributed by atoms with Crippen LogP contribution in [0.4, 0.5) is 4.39 Å². The maximum Gasteiger partial charge on any atom is 0.333 e. The lowest BCUT2D eigenvalue weighted by atomic mass is 9.91. The number of halogens is 1. The molecule has 3 N–H and O–H groups in total. The molecule has 6 nitrogen and oxygen atoms in total. The van der Waals surface area contributed by atoms with Gasteiger partial charge in [0.1, 0.15) is 11.9 Å². The van der Waals surface area contributed by atoms with Crippen molar-refractivity contribution in [2.24, 2.45) is 0 Å². The largest absolute Gasteiger partial charge is 0.479 e. The molecule has 0 aliphatic rings. The molecule has 0 fully saturated rings. The summed E-state index contributed by atoms with van der Waals surface area (Å²) < 4.78 is 12.9. The molecule has 0 aromatic heterocycles. The molecule has 0 radical (unpaired) electrons. The Bertz CT molecular complexity index is 559. The first-order valence-electron chi connectivity index (χ1n) is 6.25. The van der Waals surface area contributed by atoms with Gasteiger partial charge in [-0.3, -0.25) is 9.59 Å². The minimum Gasteiger partial charge on any atom is -0.479 e. The third-order valence-corrected chi connectivity index (χ3v) is 3.04. The van der Waals surface area contributed by atoms with Crippen molar-refractivity contribution in [3.8, 4) is 0 Å². The Hall–Kier alpha value is -2.44. The Kier molecular flexibility index (Phi) is 5.02. The predicted octanol–water partition coefficient (Wildman–Crippen LogP) is 0.766. The number of carbonyl (C=O) groups is 3. The summed E-state index contributed by atoms with van der Waals surface area (Å²) in [5.74, 6) is -2.86. The molecule has 2 amide bonds. The van der Waals surface area contributed by atoms with Crippen LogP contribution in [0.2, 0.25) is 0 Å². The van der Waals surface area contributed by atoms with Crippen molar-refractivity contribution in [2.45, 2.75) is 32.4 Å². The van der Waals surface area contributed by atoms with E-state index in [1.54, 1.807) is 0 Å². The quantitative estimate of drug-likeness (QED) is 0.747. The molecule has 114 valence electrons. The summed E-state index contributed by atoms with van der Waals surface area (Å²) in [6.07, 6.45) is 0. The van der Waals surface area contributed by atoms with Crippen LogP contribution in [0, 0.1) is 5.82 Å². The lowest BCUT2D eigenvalue weighted by Gasteiger charge is -2.28. The van der Waals surface area contributed by atoms with E-state index >= 15 is 0 Å². The summed E-state index contributed by atoms with van der Waals surface area (Å²) in [5, 5.41) is 14.1. The van der Waals surface area contributed by atoms with Crippen LogP contribution >= 0.6 is 0 Å². The zero-order valence-electron chi connectivity index (χ0n) is 11.9. The van der Waals surface area contributed by atoms with E-state index in [1.807, 2.05) is 0 Å². The third kappa shape index (κ3) is 4.01. The maximum atomic E-state index is 12.9. The van der Waals surface area contributed by atoms with E-state index in [2.05, 4.69) is 10.6 Å². The molecule has 0 heterocycles. The van der Waals surface area contributed by atoms with E-state index in [-0.39, 0.29) is 5.56 Å². The fraction of sp³-hybridized carbons (Fsp3) is 0.357. The molecule has 21 heavy (non-hydrogen) atoms. The first-order chi connectivity index (χ1) is 9.66. The number of rotatable bonds is 5. The lowest BCUT2D eigenvalue weighted by Crippen LogP contribution is -2.55. The number of carboxylic acids is 1. The molecule has 0 bridgehead atoms. The standard InChI is InChI=1S/C14H17FN2O4/c1-8(16-9(2)18)12(19)17-14(3,13(20)21)10-4-6-11(15)7-5-10/h4-8H,1-3H3,(H,16,18)(H,17,19)(H,20,21). The molecule has 1 aromatic carbocycles. The van der Waals surface area contributed by atoms with Gasteiger partial charge in [-0.2, -0.15) is 0 Å². The second kappa shape index (κ2) is 6.34. The molecule has 2 atom stereocenters. The van der Waals surface area contributed by atoms with Crippen molar-refractivity contribution in [3.63, 3.8) is 0 Å². The highest BCUT2D eigenvalue weighted by molar-refractivity contribution is 5.91. The van der Waals surface area contributed by atoms with Crippen LogP contribution in [0.25, 0.3) is 0 Å². The fourth-order valence-electron chi connectivity index (χ4n) is 1.76. The number of hydrogen-bond donors (Lipinski definition) is 3. The lowest BCUT2D eigenvalue weighted by molar-refractivity contribution is -0.147. The van der Waals surface area contributed by atoms with E-state index in [0.717, 1.165) is 12.1 Å². The van der Waals surface area contributed by atoms with Crippen LogP contribution in [0.15, 0.2) is 24.3 Å². The second-order valence-electron chi connectivity index (χ2n) is 4.85. The number of hydrogen-bond acceptors (Lipinski definition) is 3. The number of benzene rings is 1. The molecule has 0 aliphatic carbocycles. The summed E-state index contributed by atoms with van der Waals surface area (Å²) >= 11 is 0. The third-order valence-electron chi connectivity index (χ3n) is 3.04. The monoisotopic (exact) mass is 296 g/mol. The van der Waals surface area contributed by atoms with Gasteiger partial charge >= 0.3 is 5.97 Å². The van der Waals surface area contributed by atoms with Crippen molar-refractivity contribution in [1.82, 2.24) is 10.6 Å². The Morgan fingerprint density at radius 3 is 2.19 bits per heavy atom. The van der Waals surface area contributed by atoms with Crippen molar-refractivity contribution >= 4 is 17.8 Å². The minimum absolute atomic E-state index is 0.222. The number of nitrogens with one attached hydrogen (secondary N) is 2. The van der Waals surface area contributed by atoms with E-state index in [4.69, 9.17) is 0 Å². The van der Waals surface area contributed by atoms with Crippen LogP contribution in [-0.4, -0.2) is 28.9 Å². The van der Waals surface area contributed by atoms with Gasteiger partial charge in [0, 0.05) is 6.92 Å². The molecule has 1 rings (SSSR count). The average molecular weight is 296 g/mol. The molecule has 2 unspecified atom stereocenters. The van der Waals surface area contributed by atoms with Crippen LogP contribution in [0.3, 0.4) is 0 Å². The van der Waals surface area contributed by atoms with E-state index in [1.165, 1.54) is 32.9 Å². The molecular weight excluding hydrogens is 279 g/mol. The van der Waals surface area contributed by atoms with Gasteiger partial charge in [0.15, 0.2) is 5.54 Å². The van der Waals surface area contributed by atoms with E-state index in [0.29, 0.717) is 0 Å². The second-order valence-corrected chi connectivity index (χ2v) is 4.85. The van der Waals surface area contributed by atoms with Gasteiger partial charge in [-0.05, 0) is 31.5 Å². The van der Waals surface area contributed by atoms with Gasteiger partial charge in [-0.25, -0.2) is 9.18 Å². The number of carbonyl (C=O) groups excluding carboxylic acids is 2. The smallest absolute Gasteiger partial charge is 0.333 e. The SMILES string of the molecule is CC(=O)NC(C)C(=O)NC(C)(C(=O)O)c1ccc(F)cc1. The van der Waals surface area contributed by atoms with Gasteiger partial charge < -0.3 is 15.7 Å². The summed E-state index contributed by atoms with van der Waals surface area (Å²) in [6, 6.07) is 3.90. The number of aliphatic carboxylic acids is 1. The molecule has 7 heteroatoms. The van der Waals surface area contributed by atoms with Crippen LogP contribution in [-0.2, 0) is 19.9 Å². The zero-order valence-corrected chi connectivity index (χ0v) is 11.9. The topological polar surface area (TPSA) is 95.5 Å². The molecule has 1 aromatic rings. The Morgan fingerprint density at radius 1 is 1.24 bits per heavy atom. The highest BCUT2D eigenvalue weighted by Crippen LogP contribution is 2.21. The van der Waals surface area contributed by atoms with Gasteiger partial charge in [-0.15, -0.1) is 0 Å².